The van der Waals surface area contributed by atoms with Crippen LogP contribution in [0.2, 0.25) is 0 Å². The van der Waals surface area contributed by atoms with Gasteiger partial charge in [0.05, 0.1) is 19.1 Å². The van der Waals surface area contributed by atoms with Crippen LogP contribution in [0.4, 0.5) is 0 Å². The first kappa shape index (κ1) is 17.0. The van der Waals surface area contributed by atoms with Gasteiger partial charge >= 0.3 is 0 Å². The van der Waals surface area contributed by atoms with Crippen molar-refractivity contribution in [1.82, 2.24) is 4.90 Å². The standard InChI is InChI=1S/C15H22N2O2.ClH/c1-11(10-16)17(2)15(18)9-14-13-6-4-3-5-12(13)7-8-19-14;/h3-6,11,14H,7-10,16H2,1-2H3;1H. The lowest BCUT2D eigenvalue weighted by Gasteiger charge is -2.29. The highest BCUT2D eigenvalue weighted by Gasteiger charge is 2.25. The summed E-state index contributed by atoms with van der Waals surface area (Å²) in [7, 11) is 1.80. The Bertz CT molecular complexity index is 453. The third-order valence-electron chi connectivity index (χ3n) is 3.85. The summed E-state index contributed by atoms with van der Waals surface area (Å²) in [6.07, 6.45) is 1.19. The van der Waals surface area contributed by atoms with Crippen molar-refractivity contribution in [3.8, 4) is 0 Å². The molecule has 20 heavy (non-hydrogen) atoms. The topological polar surface area (TPSA) is 55.6 Å². The Morgan fingerprint density at radius 2 is 2.20 bits per heavy atom. The van der Waals surface area contributed by atoms with E-state index in [1.54, 1.807) is 11.9 Å². The van der Waals surface area contributed by atoms with E-state index in [1.807, 2.05) is 19.1 Å². The number of hydrogen-bond acceptors (Lipinski definition) is 3. The van der Waals surface area contributed by atoms with Crippen molar-refractivity contribution in [1.29, 1.82) is 0 Å². The maximum atomic E-state index is 12.2. The molecular weight excluding hydrogens is 276 g/mol. The van der Waals surface area contributed by atoms with Crippen LogP contribution in [-0.2, 0) is 16.0 Å². The van der Waals surface area contributed by atoms with Crippen LogP contribution < -0.4 is 5.73 Å². The number of hydrogen-bond donors (Lipinski definition) is 1. The smallest absolute Gasteiger partial charge is 0.225 e. The minimum absolute atomic E-state index is 0. The van der Waals surface area contributed by atoms with Gasteiger partial charge < -0.3 is 15.4 Å². The zero-order chi connectivity index (χ0) is 13.8. The number of ether oxygens (including phenoxy) is 1. The lowest BCUT2D eigenvalue weighted by molar-refractivity contribution is -0.135. The van der Waals surface area contributed by atoms with Gasteiger partial charge in [-0.25, -0.2) is 0 Å². The van der Waals surface area contributed by atoms with Crippen molar-refractivity contribution in [3.05, 3.63) is 35.4 Å². The summed E-state index contributed by atoms with van der Waals surface area (Å²) < 4.78 is 5.76. The molecule has 0 fully saturated rings. The fraction of sp³-hybridized carbons (Fsp3) is 0.533. The van der Waals surface area contributed by atoms with Crippen molar-refractivity contribution in [2.45, 2.75) is 31.9 Å². The van der Waals surface area contributed by atoms with Gasteiger partial charge in [-0.3, -0.25) is 4.79 Å². The van der Waals surface area contributed by atoms with Crippen LogP contribution >= 0.6 is 12.4 Å². The normalized spacial score (nSPS) is 18.6. The van der Waals surface area contributed by atoms with Crippen molar-refractivity contribution in [2.24, 2.45) is 5.73 Å². The lowest BCUT2D eigenvalue weighted by atomic mass is 9.95. The van der Waals surface area contributed by atoms with E-state index in [2.05, 4.69) is 12.1 Å². The number of fused-ring (bicyclic) bond motifs is 1. The first-order chi connectivity index (χ1) is 9.13. The Kier molecular flexibility index (Phi) is 6.46. The molecule has 1 heterocycles. The second kappa shape index (κ2) is 7.62. The summed E-state index contributed by atoms with van der Waals surface area (Å²) in [5, 5.41) is 0. The molecule has 0 aromatic heterocycles. The van der Waals surface area contributed by atoms with E-state index < -0.39 is 0 Å². The number of amides is 1. The molecule has 2 atom stereocenters. The van der Waals surface area contributed by atoms with Crippen LogP contribution in [0.5, 0.6) is 0 Å². The molecule has 1 aromatic rings. The van der Waals surface area contributed by atoms with E-state index in [0.29, 0.717) is 19.6 Å². The third-order valence-corrected chi connectivity index (χ3v) is 3.85. The highest BCUT2D eigenvalue weighted by atomic mass is 35.5. The minimum atomic E-state index is -0.120. The number of carbonyl (C=O) groups excluding carboxylic acids is 1. The number of rotatable bonds is 4. The van der Waals surface area contributed by atoms with E-state index in [-0.39, 0.29) is 30.5 Å². The van der Waals surface area contributed by atoms with Crippen LogP contribution in [-0.4, -0.2) is 37.0 Å². The third kappa shape index (κ3) is 3.72. The number of nitrogens with zero attached hydrogens (tertiary/aromatic N) is 1. The lowest BCUT2D eigenvalue weighted by Crippen LogP contribution is -2.40. The Morgan fingerprint density at radius 1 is 1.50 bits per heavy atom. The molecule has 0 saturated heterocycles. The van der Waals surface area contributed by atoms with Gasteiger partial charge in [0.2, 0.25) is 5.91 Å². The van der Waals surface area contributed by atoms with Crippen molar-refractivity contribution in [3.63, 3.8) is 0 Å². The number of carbonyl (C=O) groups is 1. The number of benzene rings is 1. The summed E-state index contributed by atoms with van der Waals surface area (Å²) >= 11 is 0. The molecule has 0 spiro atoms. The summed E-state index contributed by atoms with van der Waals surface area (Å²) in [6, 6.07) is 8.26. The number of nitrogens with two attached hydrogens (primary N) is 1. The Balaban J connectivity index is 0.00000200. The molecule has 0 bridgehead atoms. The van der Waals surface area contributed by atoms with Crippen molar-refractivity contribution >= 4 is 18.3 Å². The second-order valence-corrected chi connectivity index (χ2v) is 5.10. The molecule has 1 aromatic carbocycles. The maximum absolute atomic E-state index is 12.2. The summed E-state index contributed by atoms with van der Waals surface area (Å²) in [4.78, 5) is 13.9. The minimum Gasteiger partial charge on any atom is -0.373 e. The number of halogens is 1. The van der Waals surface area contributed by atoms with Crippen LogP contribution in [0, 0.1) is 0 Å². The quantitative estimate of drug-likeness (QED) is 0.924. The molecule has 5 heteroatoms. The Labute approximate surface area is 126 Å². The average Bonchev–Trinajstić information content (AvgIpc) is 2.46. The zero-order valence-electron chi connectivity index (χ0n) is 12.0. The zero-order valence-corrected chi connectivity index (χ0v) is 12.9. The molecule has 0 radical (unpaired) electrons. The molecule has 1 aliphatic rings. The molecular formula is C15H23ClN2O2. The fourth-order valence-electron chi connectivity index (χ4n) is 2.35. The molecule has 1 aliphatic heterocycles. The molecule has 2 N–H and O–H groups in total. The van der Waals surface area contributed by atoms with Gasteiger partial charge in [-0.1, -0.05) is 24.3 Å². The first-order valence-corrected chi connectivity index (χ1v) is 6.78. The largest absolute Gasteiger partial charge is 0.373 e. The monoisotopic (exact) mass is 298 g/mol. The molecule has 0 saturated carbocycles. The van der Waals surface area contributed by atoms with Gasteiger partial charge in [-0.2, -0.15) is 0 Å². The van der Waals surface area contributed by atoms with Gasteiger partial charge in [0.25, 0.3) is 0 Å². The SMILES string of the molecule is CC(CN)N(C)C(=O)CC1OCCc2ccccc21.Cl. The van der Waals surface area contributed by atoms with Gasteiger partial charge in [0.1, 0.15) is 0 Å². The van der Waals surface area contributed by atoms with E-state index in [4.69, 9.17) is 10.5 Å². The maximum Gasteiger partial charge on any atom is 0.225 e. The van der Waals surface area contributed by atoms with E-state index in [0.717, 1.165) is 12.0 Å². The van der Waals surface area contributed by atoms with E-state index >= 15 is 0 Å². The van der Waals surface area contributed by atoms with Crippen LogP contribution in [0.25, 0.3) is 0 Å². The summed E-state index contributed by atoms with van der Waals surface area (Å²) in [5.74, 6) is 0.0830. The Morgan fingerprint density at radius 3 is 2.90 bits per heavy atom. The highest BCUT2D eigenvalue weighted by Crippen LogP contribution is 2.29. The summed E-state index contributed by atoms with van der Waals surface area (Å²) in [5.41, 5.74) is 8.04. The Hall–Kier alpha value is -1.10. The fourth-order valence-corrected chi connectivity index (χ4v) is 2.35. The van der Waals surface area contributed by atoms with Gasteiger partial charge in [0, 0.05) is 19.6 Å². The molecule has 4 nitrogen and oxygen atoms in total. The van der Waals surface area contributed by atoms with Crippen LogP contribution in [0.3, 0.4) is 0 Å². The first-order valence-electron chi connectivity index (χ1n) is 6.78. The molecule has 0 aliphatic carbocycles. The van der Waals surface area contributed by atoms with Gasteiger partial charge in [-0.05, 0) is 24.5 Å². The van der Waals surface area contributed by atoms with Crippen LogP contribution in [0.15, 0.2) is 24.3 Å². The predicted molar refractivity (Wildman–Crippen MR) is 82.0 cm³/mol. The molecule has 2 unspecified atom stereocenters. The molecule has 112 valence electrons. The second-order valence-electron chi connectivity index (χ2n) is 5.10. The van der Waals surface area contributed by atoms with Gasteiger partial charge in [0.15, 0.2) is 0 Å². The van der Waals surface area contributed by atoms with Gasteiger partial charge in [-0.15, -0.1) is 12.4 Å². The predicted octanol–water partition coefficient (Wildman–Crippen LogP) is 1.92. The van der Waals surface area contributed by atoms with Crippen LogP contribution in [0.1, 0.15) is 30.6 Å². The van der Waals surface area contributed by atoms with Crippen molar-refractivity contribution < 1.29 is 9.53 Å². The van der Waals surface area contributed by atoms with Crippen molar-refractivity contribution in [2.75, 3.05) is 20.2 Å². The van der Waals surface area contributed by atoms with E-state index in [1.165, 1.54) is 5.56 Å². The summed E-state index contributed by atoms with van der Waals surface area (Å²) in [6.45, 7) is 3.11. The highest BCUT2D eigenvalue weighted by molar-refractivity contribution is 5.85. The average molecular weight is 299 g/mol. The van der Waals surface area contributed by atoms with E-state index in [9.17, 15) is 4.79 Å². The molecule has 1 amide bonds. The number of likely N-dealkylation sites (N-methyl/N-ethyl adjacent to an activating group) is 1. The molecule has 2 rings (SSSR count).